The van der Waals surface area contributed by atoms with Crippen molar-refractivity contribution in [2.45, 2.75) is 52.5 Å². The molecule has 0 aromatic rings. The van der Waals surface area contributed by atoms with Gasteiger partial charge in [0.1, 0.15) is 0 Å². The van der Waals surface area contributed by atoms with Crippen LogP contribution < -0.4 is 11.1 Å². The average molecular weight is 269 g/mol. The molecule has 0 bridgehead atoms. The van der Waals surface area contributed by atoms with Crippen molar-refractivity contribution in [1.29, 1.82) is 0 Å². The van der Waals surface area contributed by atoms with Gasteiger partial charge in [0.05, 0.1) is 0 Å². The predicted molar refractivity (Wildman–Crippen MR) is 79.9 cm³/mol. The number of carbonyl (C=O) groups excluding carboxylic acids is 1. The van der Waals surface area contributed by atoms with Gasteiger partial charge in [-0.3, -0.25) is 4.79 Å². The minimum atomic E-state index is 0.125. The standard InChI is InChI=1S/C15H31N3O/c1-4-7-18(5-2)8-6-17-15(19)13-9-12(3)10-14(16)11-13/h12-14H,4-11,16H2,1-3H3,(H,17,19). The van der Waals surface area contributed by atoms with E-state index in [4.69, 9.17) is 5.73 Å². The van der Waals surface area contributed by atoms with Gasteiger partial charge in [-0.1, -0.05) is 20.8 Å². The highest BCUT2D eigenvalue weighted by Gasteiger charge is 2.28. The zero-order chi connectivity index (χ0) is 14.3. The number of nitrogens with two attached hydrogens (primary N) is 1. The fraction of sp³-hybridized carbons (Fsp3) is 0.933. The Morgan fingerprint density at radius 1 is 1.26 bits per heavy atom. The SMILES string of the molecule is CCCN(CC)CCNC(=O)C1CC(C)CC(N)C1. The van der Waals surface area contributed by atoms with E-state index in [1.54, 1.807) is 0 Å². The van der Waals surface area contributed by atoms with Crippen molar-refractivity contribution in [2.24, 2.45) is 17.6 Å². The number of carbonyl (C=O) groups is 1. The molecule has 0 aliphatic heterocycles. The first-order valence-electron chi connectivity index (χ1n) is 7.82. The van der Waals surface area contributed by atoms with Gasteiger partial charge in [0.2, 0.25) is 5.91 Å². The maximum Gasteiger partial charge on any atom is 0.223 e. The average Bonchev–Trinajstić information content (AvgIpc) is 2.36. The van der Waals surface area contributed by atoms with Gasteiger partial charge in [-0.25, -0.2) is 0 Å². The predicted octanol–water partition coefficient (Wildman–Crippen LogP) is 1.60. The van der Waals surface area contributed by atoms with E-state index in [9.17, 15) is 4.79 Å². The number of nitrogens with one attached hydrogen (secondary N) is 1. The zero-order valence-electron chi connectivity index (χ0n) is 12.8. The molecule has 3 atom stereocenters. The van der Waals surface area contributed by atoms with E-state index in [-0.39, 0.29) is 17.9 Å². The number of rotatable bonds is 7. The van der Waals surface area contributed by atoms with Crippen molar-refractivity contribution in [2.75, 3.05) is 26.2 Å². The number of hydrogen-bond donors (Lipinski definition) is 2. The lowest BCUT2D eigenvalue weighted by molar-refractivity contribution is -0.126. The van der Waals surface area contributed by atoms with Crippen molar-refractivity contribution in [3.05, 3.63) is 0 Å². The molecule has 0 aromatic heterocycles. The zero-order valence-corrected chi connectivity index (χ0v) is 12.8. The Balaban J connectivity index is 2.26. The molecule has 1 fully saturated rings. The van der Waals surface area contributed by atoms with E-state index in [1.807, 2.05) is 0 Å². The van der Waals surface area contributed by atoms with E-state index in [0.29, 0.717) is 5.92 Å². The third kappa shape index (κ3) is 5.91. The molecule has 1 aliphatic rings. The number of hydrogen-bond acceptors (Lipinski definition) is 3. The van der Waals surface area contributed by atoms with Gasteiger partial charge in [-0.15, -0.1) is 0 Å². The largest absolute Gasteiger partial charge is 0.355 e. The minimum Gasteiger partial charge on any atom is -0.355 e. The quantitative estimate of drug-likeness (QED) is 0.738. The molecule has 0 saturated heterocycles. The Morgan fingerprint density at radius 3 is 2.58 bits per heavy atom. The van der Waals surface area contributed by atoms with E-state index < -0.39 is 0 Å². The van der Waals surface area contributed by atoms with E-state index >= 15 is 0 Å². The van der Waals surface area contributed by atoms with Crippen LogP contribution in [0.15, 0.2) is 0 Å². The van der Waals surface area contributed by atoms with Crippen LogP contribution in [0.3, 0.4) is 0 Å². The molecule has 0 heterocycles. The topological polar surface area (TPSA) is 58.4 Å². The Kier molecular flexibility index (Phi) is 7.39. The molecule has 4 heteroatoms. The smallest absolute Gasteiger partial charge is 0.223 e. The highest BCUT2D eigenvalue weighted by Crippen LogP contribution is 2.27. The summed E-state index contributed by atoms with van der Waals surface area (Å²) in [5.41, 5.74) is 6.00. The molecule has 3 unspecified atom stereocenters. The van der Waals surface area contributed by atoms with Gasteiger partial charge in [0, 0.05) is 25.0 Å². The molecule has 3 N–H and O–H groups in total. The van der Waals surface area contributed by atoms with Crippen molar-refractivity contribution < 1.29 is 4.79 Å². The van der Waals surface area contributed by atoms with Crippen LogP contribution in [0, 0.1) is 11.8 Å². The number of likely N-dealkylation sites (N-methyl/N-ethyl adjacent to an activating group) is 1. The lowest BCUT2D eigenvalue weighted by Crippen LogP contribution is -2.42. The van der Waals surface area contributed by atoms with Crippen molar-refractivity contribution in [3.63, 3.8) is 0 Å². The first-order chi connectivity index (χ1) is 9.06. The van der Waals surface area contributed by atoms with E-state index in [1.165, 1.54) is 0 Å². The van der Waals surface area contributed by atoms with Gasteiger partial charge in [0.25, 0.3) is 0 Å². The summed E-state index contributed by atoms with van der Waals surface area (Å²) >= 11 is 0. The van der Waals surface area contributed by atoms with Crippen LogP contribution in [0.2, 0.25) is 0 Å². The summed E-state index contributed by atoms with van der Waals surface area (Å²) in [5.74, 6) is 0.904. The second kappa shape index (κ2) is 8.54. The molecule has 0 radical (unpaired) electrons. The van der Waals surface area contributed by atoms with Crippen LogP contribution >= 0.6 is 0 Å². The second-order valence-electron chi connectivity index (χ2n) is 5.99. The lowest BCUT2D eigenvalue weighted by Gasteiger charge is -2.30. The molecule has 112 valence electrons. The normalized spacial score (nSPS) is 27.5. The molecule has 0 spiro atoms. The maximum absolute atomic E-state index is 12.1. The Labute approximate surface area is 118 Å². The summed E-state index contributed by atoms with van der Waals surface area (Å²) in [6, 6.07) is 0.201. The third-order valence-electron chi connectivity index (χ3n) is 4.06. The first-order valence-corrected chi connectivity index (χ1v) is 7.82. The summed E-state index contributed by atoms with van der Waals surface area (Å²) in [7, 11) is 0. The molecule has 19 heavy (non-hydrogen) atoms. The van der Waals surface area contributed by atoms with Crippen LogP contribution in [0.1, 0.15) is 46.5 Å². The van der Waals surface area contributed by atoms with Gasteiger partial charge < -0.3 is 16.0 Å². The van der Waals surface area contributed by atoms with E-state index in [0.717, 1.165) is 51.9 Å². The number of nitrogens with zero attached hydrogens (tertiary/aromatic N) is 1. The molecule has 1 amide bonds. The van der Waals surface area contributed by atoms with Crippen LogP contribution in [-0.2, 0) is 4.79 Å². The number of amides is 1. The van der Waals surface area contributed by atoms with Crippen LogP contribution in [0.25, 0.3) is 0 Å². The Hall–Kier alpha value is -0.610. The highest BCUT2D eigenvalue weighted by molar-refractivity contribution is 5.78. The summed E-state index contributed by atoms with van der Waals surface area (Å²) in [5, 5.41) is 3.08. The minimum absolute atomic E-state index is 0.125. The van der Waals surface area contributed by atoms with Gasteiger partial charge >= 0.3 is 0 Å². The van der Waals surface area contributed by atoms with E-state index in [2.05, 4.69) is 31.0 Å². The van der Waals surface area contributed by atoms with Crippen LogP contribution in [-0.4, -0.2) is 43.0 Å². The molecule has 1 rings (SSSR count). The fourth-order valence-electron chi connectivity index (χ4n) is 3.10. The maximum atomic E-state index is 12.1. The van der Waals surface area contributed by atoms with Gasteiger partial charge in [0.15, 0.2) is 0 Å². The van der Waals surface area contributed by atoms with Crippen molar-refractivity contribution >= 4 is 5.91 Å². The Bertz CT molecular complexity index is 260. The molecule has 1 aliphatic carbocycles. The Morgan fingerprint density at radius 2 is 2.00 bits per heavy atom. The van der Waals surface area contributed by atoms with Crippen LogP contribution in [0.5, 0.6) is 0 Å². The summed E-state index contributed by atoms with van der Waals surface area (Å²) < 4.78 is 0. The van der Waals surface area contributed by atoms with Gasteiger partial charge in [-0.2, -0.15) is 0 Å². The molecular weight excluding hydrogens is 238 g/mol. The second-order valence-corrected chi connectivity index (χ2v) is 5.99. The first kappa shape index (κ1) is 16.4. The molecular formula is C15H31N3O. The monoisotopic (exact) mass is 269 g/mol. The highest BCUT2D eigenvalue weighted by atomic mass is 16.1. The fourth-order valence-corrected chi connectivity index (χ4v) is 3.10. The third-order valence-corrected chi connectivity index (χ3v) is 4.06. The van der Waals surface area contributed by atoms with Crippen LogP contribution in [0.4, 0.5) is 0 Å². The molecule has 4 nitrogen and oxygen atoms in total. The molecule has 0 aromatic carbocycles. The summed E-state index contributed by atoms with van der Waals surface area (Å²) in [6.45, 7) is 10.4. The van der Waals surface area contributed by atoms with Crippen molar-refractivity contribution in [3.8, 4) is 0 Å². The lowest BCUT2D eigenvalue weighted by atomic mass is 9.79. The molecule has 1 saturated carbocycles. The summed E-state index contributed by atoms with van der Waals surface area (Å²) in [4.78, 5) is 14.5. The summed E-state index contributed by atoms with van der Waals surface area (Å²) in [6.07, 6.45) is 4.06. The van der Waals surface area contributed by atoms with Crippen molar-refractivity contribution in [1.82, 2.24) is 10.2 Å². The van der Waals surface area contributed by atoms with Gasteiger partial charge in [-0.05, 0) is 44.7 Å².